The first-order chi connectivity index (χ1) is 19.1. The molecule has 2 aliphatic rings. The van der Waals surface area contributed by atoms with Crippen molar-refractivity contribution in [2.45, 2.75) is 50.5 Å². The van der Waals surface area contributed by atoms with Gasteiger partial charge in [-0.25, -0.2) is 0 Å². The first-order valence-electron chi connectivity index (χ1n) is 14.4. The molecular weight excluding hydrogens is 470 g/mol. The van der Waals surface area contributed by atoms with Gasteiger partial charge in [0.1, 0.15) is 0 Å². The fraction of sp³-hybridized carbons (Fsp3) is 0.211. The van der Waals surface area contributed by atoms with Crippen molar-refractivity contribution in [1.82, 2.24) is 0 Å². The molecule has 1 aliphatic carbocycles. The molecule has 2 atom stereocenters. The van der Waals surface area contributed by atoms with Crippen LogP contribution in [0.4, 0.5) is 11.4 Å². The minimum atomic E-state index is 0.0153. The lowest BCUT2D eigenvalue weighted by Crippen LogP contribution is -2.54. The summed E-state index contributed by atoms with van der Waals surface area (Å²) in [5.41, 5.74) is 7.05. The summed E-state index contributed by atoms with van der Waals surface area (Å²) < 4.78 is 0. The summed E-state index contributed by atoms with van der Waals surface area (Å²) >= 11 is 0. The molecule has 0 saturated heterocycles. The van der Waals surface area contributed by atoms with Gasteiger partial charge in [0.15, 0.2) is 0 Å². The molecule has 190 valence electrons. The van der Waals surface area contributed by atoms with Crippen LogP contribution in [-0.2, 0) is 5.41 Å². The third-order valence-corrected chi connectivity index (χ3v) is 10.2. The Morgan fingerprint density at radius 2 is 1.10 bits per heavy atom. The Labute approximate surface area is 230 Å². The molecule has 39 heavy (non-hydrogen) atoms. The highest BCUT2D eigenvalue weighted by Crippen LogP contribution is 2.62. The second-order valence-corrected chi connectivity index (χ2v) is 12.0. The molecule has 8 rings (SSSR count). The van der Waals surface area contributed by atoms with Gasteiger partial charge in [0.05, 0.1) is 11.2 Å². The third kappa shape index (κ3) is 2.96. The highest BCUT2D eigenvalue weighted by molar-refractivity contribution is 6.24. The van der Waals surface area contributed by atoms with Crippen LogP contribution in [0.3, 0.4) is 0 Å². The smallest absolute Gasteiger partial charge is 0.0576 e. The van der Waals surface area contributed by atoms with Crippen LogP contribution < -0.4 is 4.90 Å². The summed E-state index contributed by atoms with van der Waals surface area (Å²) in [7, 11) is 0. The van der Waals surface area contributed by atoms with Crippen LogP contribution >= 0.6 is 0 Å². The molecule has 6 aromatic carbocycles. The van der Waals surface area contributed by atoms with E-state index in [0.29, 0.717) is 0 Å². The molecule has 0 amide bonds. The first kappa shape index (κ1) is 22.8. The number of para-hydroxylation sites is 1. The van der Waals surface area contributed by atoms with E-state index in [1.54, 1.807) is 0 Å². The summed E-state index contributed by atoms with van der Waals surface area (Å²) in [5, 5.41) is 7.92. The van der Waals surface area contributed by atoms with Gasteiger partial charge in [-0.15, -0.1) is 0 Å². The zero-order valence-electron chi connectivity index (χ0n) is 22.7. The predicted molar refractivity (Wildman–Crippen MR) is 167 cm³/mol. The third-order valence-electron chi connectivity index (χ3n) is 10.2. The highest BCUT2D eigenvalue weighted by Gasteiger charge is 2.57. The number of fused-ring (bicyclic) bond motifs is 6. The van der Waals surface area contributed by atoms with Crippen LogP contribution in [0, 0.1) is 0 Å². The van der Waals surface area contributed by atoms with Crippen molar-refractivity contribution >= 4 is 43.7 Å². The summed E-state index contributed by atoms with van der Waals surface area (Å²) in [6.07, 6.45) is 5.02. The Morgan fingerprint density at radius 3 is 1.85 bits per heavy atom. The highest BCUT2D eigenvalue weighted by atomic mass is 15.3. The van der Waals surface area contributed by atoms with Crippen LogP contribution in [0.1, 0.15) is 45.1 Å². The Kier molecular flexibility index (Phi) is 4.80. The van der Waals surface area contributed by atoms with E-state index in [2.05, 4.69) is 134 Å². The molecule has 1 aliphatic heterocycles. The second-order valence-electron chi connectivity index (χ2n) is 12.0. The van der Waals surface area contributed by atoms with Gasteiger partial charge < -0.3 is 4.90 Å². The topological polar surface area (TPSA) is 3.24 Å². The van der Waals surface area contributed by atoms with Gasteiger partial charge in [0, 0.05) is 21.9 Å². The van der Waals surface area contributed by atoms with Gasteiger partial charge in [0.25, 0.3) is 0 Å². The Balaban J connectivity index is 1.53. The van der Waals surface area contributed by atoms with E-state index in [-0.39, 0.29) is 11.0 Å². The maximum absolute atomic E-state index is 2.76. The van der Waals surface area contributed by atoms with Gasteiger partial charge in [0.2, 0.25) is 0 Å². The normalized spacial score (nSPS) is 22.4. The van der Waals surface area contributed by atoms with Crippen LogP contribution in [0.15, 0.2) is 115 Å². The minimum absolute atomic E-state index is 0.0153. The van der Waals surface area contributed by atoms with Crippen molar-refractivity contribution < 1.29 is 0 Å². The Bertz CT molecular complexity index is 1850. The zero-order valence-corrected chi connectivity index (χ0v) is 22.7. The fourth-order valence-electron chi connectivity index (χ4n) is 8.12. The molecule has 0 aromatic heterocycles. The van der Waals surface area contributed by atoms with Gasteiger partial charge in [-0.1, -0.05) is 129 Å². The summed E-state index contributed by atoms with van der Waals surface area (Å²) in [6, 6.07) is 43.0. The fourth-order valence-corrected chi connectivity index (χ4v) is 8.12. The van der Waals surface area contributed by atoms with Crippen LogP contribution in [0.5, 0.6) is 0 Å². The van der Waals surface area contributed by atoms with Crippen LogP contribution in [0.2, 0.25) is 0 Å². The molecule has 2 unspecified atom stereocenters. The van der Waals surface area contributed by atoms with Crippen molar-refractivity contribution in [2.75, 3.05) is 4.90 Å². The molecule has 1 fully saturated rings. The summed E-state index contributed by atoms with van der Waals surface area (Å²) in [4.78, 5) is 2.76. The molecular formula is C38H33N. The largest absolute Gasteiger partial charge is 0.333 e. The lowest BCUT2D eigenvalue weighted by Gasteiger charge is -2.50. The van der Waals surface area contributed by atoms with Gasteiger partial charge in [-0.05, 0) is 64.1 Å². The van der Waals surface area contributed by atoms with Crippen LogP contribution in [-0.4, -0.2) is 5.54 Å². The van der Waals surface area contributed by atoms with Crippen molar-refractivity contribution in [3.8, 4) is 11.1 Å². The second kappa shape index (κ2) is 8.20. The lowest BCUT2D eigenvalue weighted by molar-refractivity contribution is 0.195. The maximum atomic E-state index is 2.76. The van der Waals surface area contributed by atoms with Crippen molar-refractivity contribution in [2.24, 2.45) is 0 Å². The minimum Gasteiger partial charge on any atom is -0.333 e. The van der Waals surface area contributed by atoms with Crippen molar-refractivity contribution in [1.29, 1.82) is 0 Å². The number of anilines is 2. The van der Waals surface area contributed by atoms with Gasteiger partial charge in [-0.2, -0.15) is 0 Å². The zero-order chi connectivity index (χ0) is 26.2. The number of nitrogens with zero attached hydrogens (tertiary/aromatic N) is 1. The molecule has 1 heteroatoms. The maximum Gasteiger partial charge on any atom is 0.0576 e. The molecule has 0 spiro atoms. The molecule has 0 bridgehead atoms. The average molecular weight is 504 g/mol. The molecule has 1 nitrogen and oxygen atoms in total. The molecule has 1 heterocycles. The van der Waals surface area contributed by atoms with Gasteiger partial charge in [-0.3, -0.25) is 0 Å². The Morgan fingerprint density at radius 1 is 0.538 bits per heavy atom. The number of benzene rings is 6. The number of hydrogen-bond donors (Lipinski definition) is 0. The number of rotatable bonds is 2. The molecule has 1 saturated carbocycles. The van der Waals surface area contributed by atoms with E-state index in [0.717, 1.165) is 0 Å². The standard InChI is InChI=1S/C38H33N/c1-37-24-11-12-25-38(37,2)39(34-23-10-9-22-33(34)37)36-31-19-7-5-17-29(31)35(30-18-6-8-20-32(30)36)28-21-13-15-26-14-3-4-16-27(26)28/h3-10,13-23H,11-12,24-25H2,1-2H3. The average Bonchev–Trinajstić information content (AvgIpc) is 3.19. The first-order valence-corrected chi connectivity index (χ1v) is 14.4. The summed E-state index contributed by atoms with van der Waals surface area (Å²) in [5.74, 6) is 0. The van der Waals surface area contributed by atoms with Crippen LogP contribution in [0.25, 0.3) is 43.4 Å². The molecule has 0 radical (unpaired) electrons. The van der Waals surface area contributed by atoms with E-state index in [9.17, 15) is 0 Å². The van der Waals surface area contributed by atoms with Crippen molar-refractivity contribution in [3.63, 3.8) is 0 Å². The lowest BCUT2D eigenvalue weighted by atomic mass is 9.61. The Hall–Kier alpha value is -4.10. The van der Waals surface area contributed by atoms with E-state index >= 15 is 0 Å². The number of hydrogen-bond acceptors (Lipinski definition) is 1. The van der Waals surface area contributed by atoms with E-state index in [1.807, 2.05) is 0 Å². The predicted octanol–water partition coefficient (Wildman–Crippen LogP) is 10.6. The van der Waals surface area contributed by atoms with Crippen molar-refractivity contribution in [3.05, 3.63) is 121 Å². The molecule has 6 aromatic rings. The summed E-state index contributed by atoms with van der Waals surface area (Å²) in [6.45, 7) is 5.06. The van der Waals surface area contributed by atoms with Gasteiger partial charge >= 0.3 is 0 Å². The van der Waals surface area contributed by atoms with E-state index in [1.165, 1.54) is 86.1 Å². The SMILES string of the molecule is CC12CCCCC1(C)N(c1c3ccccc3c(-c3cccc4ccccc34)c3ccccc13)c1ccccc12. The molecule has 0 N–H and O–H groups in total. The quantitative estimate of drug-likeness (QED) is 0.212. The monoisotopic (exact) mass is 503 g/mol. The van der Waals surface area contributed by atoms with E-state index in [4.69, 9.17) is 0 Å². The van der Waals surface area contributed by atoms with E-state index < -0.39 is 0 Å².